The Morgan fingerprint density at radius 2 is 1.89 bits per heavy atom. The van der Waals surface area contributed by atoms with E-state index < -0.39 is 17.5 Å². The van der Waals surface area contributed by atoms with Crippen LogP contribution in [0, 0.1) is 11.6 Å². The number of nitrogens with one attached hydrogen (secondary N) is 2. The Morgan fingerprint density at radius 3 is 2.47 bits per heavy atom. The number of aromatic nitrogens is 2. The highest BCUT2D eigenvalue weighted by molar-refractivity contribution is 6.02. The van der Waals surface area contributed by atoms with Crippen molar-refractivity contribution in [1.29, 1.82) is 0 Å². The van der Waals surface area contributed by atoms with E-state index in [9.17, 15) is 13.6 Å². The fraction of sp³-hybridized carbons (Fsp3) is 0.0833. The Bertz CT molecular complexity index is 601. The highest BCUT2D eigenvalue weighted by Gasteiger charge is 2.10. The van der Waals surface area contributed by atoms with Crippen molar-refractivity contribution in [3.63, 3.8) is 0 Å². The summed E-state index contributed by atoms with van der Waals surface area (Å²) in [6.45, 7) is 0. The average molecular weight is 264 g/mol. The molecule has 0 fully saturated rings. The van der Waals surface area contributed by atoms with Gasteiger partial charge in [0.1, 0.15) is 5.82 Å². The molecule has 0 spiro atoms. The summed E-state index contributed by atoms with van der Waals surface area (Å²) in [4.78, 5) is 11.8. The number of carbonyl (C=O) groups excluding carboxylic acids is 1. The highest BCUT2D eigenvalue weighted by atomic mass is 19.2. The summed E-state index contributed by atoms with van der Waals surface area (Å²) in [5.41, 5.74) is 0.215. The van der Waals surface area contributed by atoms with E-state index in [0.29, 0.717) is 5.82 Å². The molecule has 0 unspecified atom stereocenters. The second kappa shape index (κ2) is 5.38. The Balaban J connectivity index is 2.13. The zero-order valence-corrected chi connectivity index (χ0v) is 9.95. The van der Waals surface area contributed by atoms with Gasteiger partial charge in [-0.2, -0.15) is 0 Å². The molecule has 0 saturated heterocycles. The Hall–Kier alpha value is -2.57. The van der Waals surface area contributed by atoms with E-state index in [1.807, 2.05) is 0 Å². The quantitative estimate of drug-likeness (QED) is 0.890. The maximum absolute atomic E-state index is 13.0. The molecule has 98 valence electrons. The van der Waals surface area contributed by atoms with Crippen LogP contribution in [0.4, 0.5) is 20.3 Å². The number of benzene rings is 1. The van der Waals surface area contributed by atoms with Crippen LogP contribution in [0.15, 0.2) is 30.3 Å². The molecule has 2 N–H and O–H groups in total. The first-order chi connectivity index (χ1) is 9.10. The number of anilines is 2. The number of carbonyl (C=O) groups is 1. The number of hydrogen-bond donors (Lipinski definition) is 2. The van der Waals surface area contributed by atoms with Crippen LogP contribution in [0.2, 0.25) is 0 Å². The van der Waals surface area contributed by atoms with Crippen molar-refractivity contribution in [3.05, 3.63) is 47.7 Å². The molecule has 0 aliphatic rings. The van der Waals surface area contributed by atoms with E-state index in [1.165, 1.54) is 12.1 Å². The van der Waals surface area contributed by atoms with Crippen LogP contribution in [-0.4, -0.2) is 23.2 Å². The molecule has 2 aromatic rings. The molecule has 0 aliphatic heterocycles. The van der Waals surface area contributed by atoms with Crippen LogP contribution in [0.5, 0.6) is 0 Å². The molecule has 0 saturated carbocycles. The van der Waals surface area contributed by atoms with Crippen LogP contribution in [-0.2, 0) is 0 Å². The largest absolute Gasteiger partial charge is 0.372 e. The van der Waals surface area contributed by atoms with Gasteiger partial charge in [-0.05, 0) is 24.3 Å². The predicted molar refractivity (Wildman–Crippen MR) is 65.9 cm³/mol. The van der Waals surface area contributed by atoms with Gasteiger partial charge in [0.15, 0.2) is 17.3 Å². The molecule has 7 heteroatoms. The van der Waals surface area contributed by atoms with Crippen LogP contribution in [0.1, 0.15) is 10.5 Å². The summed E-state index contributed by atoms with van der Waals surface area (Å²) in [6.07, 6.45) is 0. The van der Waals surface area contributed by atoms with Gasteiger partial charge in [-0.25, -0.2) is 8.78 Å². The molecular formula is C12H10F2N4O. The summed E-state index contributed by atoms with van der Waals surface area (Å²) in [5.74, 6) is -2.05. The summed E-state index contributed by atoms with van der Waals surface area (Å²) >= 11 is 0. The third kappa shape index (κ3) is 3.01. The lowest BCUT2D eigenvalue weighted by Gasteiger charge is -2.05. The second-order valence-corrected chi connectivity index (χ2v) is 3.64. The van der Waals surface area contributed by atoms with Crippen molar-refractivity contribution in [1.82, 2.24) is 10.2 Å². The third-order valence-corrected chi connectivity index (χ3v) is 2.33. The molecule has 0 radical (unpaired) electrons. The summed E-state index contributed by atoms with van der Waals surface area (Å²) in [5, 5.41) is 12.6. The normalized spacial score (nSPS) is 10.1. The summed E-state index contributed by atoms with van der Waals surface area (Å²) in [6, 6.07) is 6.12. The zero-order valence-electron chi connectivity index (χ0n) is 9.95. The average Bonchev–Trinajstić information content (AvgIpc) is 2.43. The van der Waals surface area contributed by atoms with Gasteiger partial charge in [0.05, 0.1) is 0 Å². The van der Waals surface area contributed by atoms with Gasteiger partial charge >= 0.3 is 0 Å². The molecule has 1 heterocycles. The molecule has 1 aromatic carbocycles. The van der Waals surface area contributed by atoms with Gasteiger partial charge in [-0.1, -0.05) is 0 Å². The van der Waals surface area contributed by atoms with Crippen LogP contribution >= 0.6 is 0 Å². The molecule has 5 nitrogen and oxygen atoms in total. The number of rotatable bonds is 3. The maximum atomic E-state index is 13.0. The van der Waals surface area contributed by atoms with Crippen molar-refractivity contribution in [3.8, 4) is 0 Å². The van der Waals surface area contributed by atoms with Crippen LogP contribution in [0.25, 0.3) is 0 Å². The smallest absolute Gasteiger partial charge is 0.276 e. The molecule has 0 bridgehead atoms. The molecule has 2 rings (SSSR count). The van der Waals surface area contributed by atoms with Gasteiger partial charge < -0.3 is 10.6 Å². The topological polar surface area (TPSA) is 66.9 Å². The van der Waals surface area contributed by atoms with E-state index in [-0.39, 0.29) is 11.4 Å². The van der Waals surface area contributed by atoms with Gasteiger partial charge in [0.2, 0.25) is 0 Å². The molecule has 0 atom stereocenters. The first-order valence-electron chi connectivity index (χ1n) is 5.38. The van der Waals surface area contributed by atoms with E-state index >= 15 is 0 Å². The molecular weight excluding hydrogens is 254 g/mol. The number of halogens is 2. The van der Waals surface area contributed by atoms with Crippen molar-refractivity contribution in [2.45, 2.75) is 0 Å². The van der Waals surface area contributed by atoms with Crippen LogP contribution in [0.3, 0.4) is 0 Å². The number of amides is 1. The lowest BCUT2D eigenvalue weighted by Crippen LogP contribution is -2.14. The second-order valence-electron chi connectivity index (χ2n) is 3.64. The predicted octanol–water partition coefficient (Wildman–Crippen LogP) is 2.05. The fourth-order valence-corrected chi connectivity index (χ4v) is 1.36. The molecule has 19 heavy (non-hydrogen) atoms. The lowest BCUT2D eigenvalue weighted by atomic mass is 10.3. The maximum Gasteiger partial charge on any atom is 0.276 e. The van der Waals surface area contributed by atoms with Crippen molar-refractivity contribution >= 4 is 17.4 Å². The Kier molecular flexibility index (Phi) is 3.65. The summed E-state index contributed by atoms with van der Waals surface area (Å²) in [7, 11) is 1.67. The van der Waals surface area contributed by atoms with Crippen molar-refractivity contribution in [2.24, 2.45) is 0 Å². The van der Waals surface area contributed by atoms with Gasteiger partial charge in [-0.15, -0.1) is 10.2 Å². The first kappa shape index (κ1) is 12.9. The monoisotopic (exact) mass is 264 g/mol. The Labute approximate surface area is 107 Å². The van der Waals surface area contributed by atoms with E-state index in [4.69, 9.17) is 0 Å². The highest BCUT2D eigenvalue weighted by Crippen LogP contribution is 2.14. The van der Waals surface area contributed by atoms with Crippen molar-refractivity contribution < 1.29 is 13.6 Å². The van der Waals surface area contributed by atoms with E-state index in [1.54, 1.807) is 13.1 Å². The molecule has 1 aromatic heterocycles. The first-order valence-corrected chi connectivity index (χ1v) is 5.38. The Morgan fingerprint density at radius 1 is 1.11 bits per heavy atom. The van der Waals surface area contributed by atoms with Crippen molar-refractivity contribution in [2.75, 3.05) is 17.7 Å². The number of hydrogen-bond acceptors (Lipinski definition) is 4. The fourth-order valence-electron chi connectivity index (χ4n) is 1.36. The zero-order chi connectivity index (χ0) is 13.8. The standard InChI is InChI=1S/C12H10F2N4O/c1-15-11-5-4-10(17-18-11)12(19)16-7-2-3-8(13)9(14)6-7/h2-6H,1H3,(H,15,18)(H,16,19). The minimum Gasteiger partial charge on any atom is -0.372 e. The summed E-state index contributed by atoms with van der Waals surface area (Å²) < 4.78 is 25.7. The van der Waals surface area contributed by atoms with Gasteiger partial charge in [0.25, 0.3) is 5.91 Å². The van der Waals surface area contributed by atoms with E-state index in [0.717, 1.165) is 12.1 Å². The van der Waals surface area contributed by atoms with E-state index in [2.05, 4.69) is 20.8 Å². The number of nitrogens with zero attached hydrogens (tertiary/aromatic N) is 2. The van der Waals surface area contributed by atoms with Gasteiger partial charge in [-0.3, -0.25) is 4.79 Å². The van der Waals surface area contributed by atoms with Gasteiger partial charge in [0, 0.05) is 18.8 Å². The minimum atomic E-state index is -1.03. The lowest BCUT2D eigenvalue weighted by molar-refractivity contribution is 0.102. The third-order valence-electron chi connectivity index (χ3n) is 2.33. The molecule has 1 amide bonds. The minimum absolute atomic E-state index is 0.0729. The SMILES string of the molecule is CNc1ccc(C(=O)Nc2ccc(F)c(F)c2)nn1. The molecule has 0 aliphatic carbocycles. The van der Waals surface area contributed by atoms with Crippen LogP contribution < -0.4 is 10.6 Å².